The van der Waals surface area contributed by atoms with E-state index in [0.29, 0.717) is 36.7 Å². The van der Waals surface area contributed by atoms with Crippen molar-refractivity contribution in [3.05, 3.63) is 35.1 Å². The molecule has 1 aromatic rings. The molecular formula is C14H21FN4O. The van der Waals surface area contributed by atoms with Crippen LogP contribution in [0.1, 0.15) is 29.3 Å². The number of nitrogens with two attached hydrogens (primary N) is 1. The van der Waals surface area contributed by atoms with Crippen LogP contribution in [0.25, 0.3) is 0 Å². The molecule has 1 amide bonds. The van der Waals surface area contributed by atoms with Gasteiger partial charge in [-0.25, -0.2) is 4.39 Å². The second-order valence-electron chi connectivity index (χ2n) is 4.41. The van der Waals surface area contributed by atoms with E-state index >= 15 is 0 Å². The summed E-state index contributed by atoms with van der Waals surface area (Å²) in [6.07, 6.45) is 0.929. The predicted molar refractivity (Wildman–Crippen MR) is 78.3 cm³/mol. The normalized spacial score (nSPS) is 11.2. The van der Waals surface area contributed by atoms with Crippen LogP contribution in [0, 0.1) is 12.7 Å². The van der Waals surface area contributed by atoms with Crippen molar-refractivity contribution in [2.24, 2.45) is 10.7 Å². The number of hydrogen-bond acceptors (Lipinski definition) is 2. The number of carbonyl (C=O) groups is 1. The van der Waals surface area contributed by atoms with E-state index in [-0.39, 0.29) is 11.7 Å². The first-order chi connectivity index (χ1) is 9.54. The van der Waals surface area contributed by atoms with E-state index in [0.717, 1.165) is 6.42 Å². The third-order valence-corrected chi connectivity index (χ3v) is 2.66. The molecule has 0 saturated heterocycles. The summed E-state index contributed by atoms with van der Waals surface area (Å²) in [6.45, 7) is 5.20. The maximum absolute atomic E-state index is 13.3. The third kappa shape index (κ3) is 5.26. The number of amides is 1. The Morgan fingerprint density at radius 3 is 2.70 bits per heavy atom. The smallest absolute Gasteiger partial charge is 0.251 e. The highest BCUT2D eigenvalue weighted by Gasteiger charge is 2.07. The summed E-state index contributed by atoms with van der Waals surface area (Å²) in [7, 11) is 0. The van der Waals surface area contributed by atoms with Crippen molar-refractivity contribution >= 4 is 11.9 Å². The molecule has 1 aromatic carbocycles. The lowest BCUT2D eigenvalue weighted by atomic mass is 10.1. The van der Waals surface area contributed by atoms with Gasteiger partial charge in [-0.2, -0.15) is 0 Å². The molecule has 20 heavy (non-hydrogen) atoms. The zero-order chi connectivity index (χ0) is 15.0. The van der Waals surface area contributed by atoms with Gasteiger partial charge in [0.1, 0.15) is 5.82 Å². The highest BCUT2D eigenvalue weighted by Crippen LogP contribution is 2.08. The first-order valence-electron chi connectivity index (χ1n) is 6.62. The van der Waals surface area contributed by atoms with E-state index in [1.165, 1.54) is 6.07 Å². The number of rotatable bonds is 6. The molecule has 0 unspecified atom stereocenters. The second-order valence-corrected chi connectivity index (χ2v) is 4.41. The van der Waals surface area contributed by atoms with E-state index in [2.05, 4.69) is 15.6 Å². The molecule has 0 fully saturated rings. The van der Waals surface area contributed by atoms with Gasteiger partial charge in [0.05, 0.1) is 0 Å². The van der Waals surface area contributed by atoms with Crippen LogP contribution in [-0.4, -0.2) is 31.5 Å². The monoisotopic (exact) mass is 280 g/mol. The van der Waals surface area contributed by atoms with Crippen molar-refractivity contribution in [2.45, 2.75) is 20.3 Å². The van der Waals surface area contributed by atoms with Gasteiger partial charge < -0.3 is 16.4 Å². The van der Waals surface area contributed by atoms with Crippen molar-refractivity contribution in [1.29, 1.82) is 0 Å². The molecular weight excluding hydrogens is 259 g/mol. The van der Waals surface area contributed by atoms with Gasteiger partial charge in [-0.15, -0.1) is 0 Å². The first kappa shape index (κ1) is 15.9. The number of nitrogens with one attached hydrogen (secondary N) is 2. The van der Waals surface area contributed by atoms with Crippen molar-refractivity contribution < 1.29 is 9.18 Å². The predicted octanol–water partition coefficient (Wildman–Crippen LogP) is 1.18. The van der Waals surface area contributed by atoms with Crippen LogP contribution in [0.5, 0.6) is 0 Å². The summed E-state index contributed by atoms with van der Waals surface area (Å²) >= 11 is 0. The average Bonchev–Trinajstić information content (AvgIpc) is 2.44. The standard InChI is InChI=1S/C14H21FN4O/c1-3-6-18-14(16)19-8-7-17-13(20)11-5-4-10(2)12(15)9-11/h4-5,9H,3,6-8H2,1-2H3,(H,17,20)(H3,16,18,19). The number of halogens is 1. The second kappa shape index (κ2) is 8.14. The third-order valence-electron chi connectivity index (χ3n) is 2.66. The molecule has 110 valence electrons. The molecule has 4 N–H and O–H groups in total. The SMILES string of the molecule is CCCN=C(N)NCCNC(=O)c1ccc(C)c(F)c1. The molecule has 0 heterocycles. The molecule has 0 aromatic heterocycles. The minimum Gasteiger partial charge on any atom is -0.370 e. The lowest BCUT2D eigenvalue weighted by Crippen LogP contribution is -2.38. The number of nitrogens with zero attached hydrogens (tertiary/aromatic N) is 1. The Balaban J connectivity index is 2.35. The van der Waals surface area contributed by atoms with Gasteiger partial charge >= 0.3 is 0 Å². The molecule has 0 aliphatic carbocycles. The van der Waals surface area contributed by atoms with Gasteiger partial charge in [0.2, 0.25) is 0 Å². The molecule has 0 atom stereocenters. The number of guanidine groups is 1. The van der Waals surface area contributed by atoms with Crippen molar-refractivity contribution in [3.8, 4) is 0 Å². The van der Waals surface area contributed by atoms with Gasteiger partial charge in [0, 0.05) is 25.2 Å². The van der Waals surface area contributed by atoms with Crippen molar-refractivity contribution in [3.63, 3.8) is 0 Å². The minimum absolute atomic E-state index is 0.306. The molecule has 0 spiro atoms. The van der Waals surface area contributed by atoms with Gasteiger partial charge in [0.25, 0.3) is 5.91 Å². The molecule has 0 aliphatic rings. The number of carbonyl (C=O) groups excluding carboxylic acids is 1. The molecule has 1 rings (SSSR count). The summed E-state index contributed by atoms with van der Waals surface area (Å²) in [5, 5.41) is 5.56. The van der Waals surface area contributed by atoms with Gasteiger partial charge in [-0.3, -0.25) is 9.79 Å². The number of benzene rings is 1. The quantitative estimate of drug-likeness (QED) is 0.416. The van der Waals surface area contributed by atoms with Gasteiger partial charge in [0.15, 0.2) is 5.96 Å². The van der Waals surface area contributed by atoms with Crippen LogP contribution in [0.15, 0.2) is 23.2 Å². The van der Waals surface area contributed by atoms with Crippen molar-refractivity contribution in [2.75, 3.05) is 19.6 Å². The maximum Gasteiger partial charge on any atom is 0.251 e. The summed E-state index contributed by atoms with van der Waals surface area (Å²) in [5.74, 6) is -0.330. The van der Waals surface area contributed by atoms with E-state index in [4.69, 9.17) is 5.73 Å². The Hall–Kier alpha value is -2.11. The summed E-state index contributed by atoms with van der Waals surface area (Å²) in [4.78, 5) is 15.8. The number of aryl methyl sites for hydroxylation is 1. The molecule has 0 radical (unpaired) electrons. The van der Waals surface area contributed by atoms with Gasteiger partial charge in [-0.05, 0) is 31.0 Å². The Bertz CT molecular complexity index is 488. The number of aliphatic imine (C=N–C) groups is 1. The zero-order valence-corrected chi connectivity index (χ0v) is 11.9. The molecule has 0 saturated carbocycles. The summed E-state index contributed by atoms with van der Waals surface area (Å²) in [6, 6.07) is 4.41. The Kier molecular flexibility index (Phi) is 6.49. The fourth-order valence-electron chi connectivity index (χ4n) is 1.49. The maximum atomic E-state index is 13.3. The van der Waals surface area contributed by atoms with Crippen LogP contribution >= 0.6 is 0 Å². The van der Waals surface area contributed by atoms with Crippen LogP contribution in [0.2, 0.25) is 0 Å². The number of hydrogen-bond donors (Lipinski definition) is 3. The Morgan fingerprint density at radius 2 is 2.05 bits per heavy atom. The van der Waals surface area contributed by atoms with E-state index in [1.54, 1.807) is 19.1 Å². The van der Waals surface area contributed by atoms with Crippen LogP contribution < -0.4 is 16.4 Å². The van der Waals surface area contributed by atoms with Crippen molar-refractivity contribution in [1.82, 2.24) is 10.6 Å². The minimum atomic E-state index is -0.383. The Labute approximate surface area is 118 Å². The van der Waals surface area contributed by atoms with Crippen LogP contribution in [0.3, 0.4) is 0 Å². The summed E-state index contributed by atoms with van der Waals surface area (Å²) < 4.78 is 13.3. The topological polar surface area (TPSA) is 79.5 Å². The molecule has 0 aliphatic heterocycles. The lowest BCUT2D eigenvalue weighted by molar-refractivity contribution is 0.0954. The Morgan fingerprint density at radius 1 is 1.35 bits per heavy atom. The largest absolute Gasteiger partial charge is 0.370 e. The van der Waals surface area contributed by atoms with Crippen LogP contribution in [0.4, 0.5) is 4.39 Å². The molecule has 0 bridgehead atoms. The average molecular weight is 280 g/mol. The molecule has 5 nitrogen and oxygen atoms in total. The highest BCUT2D eigenvalue weighted by molar-refractivity contribution is 5.94. The lowest BCUT2D eigenvalue weighted by Gasteiger charge is -2.08. The molecule has 6 heteroatoms. The highest BCUT2D eigenvalue weighted by atomic mass is 19.1. The summed E-state index contributed by atoms with van der Waals surface area (Å²) in [5.41, 5.74) is 6.42. The van der Waals surface area contributed by atoms with E-state index in [9.17, 15) is 9.18 Å². The van der Waals surface area contributed by atoms with Crippen LogP contribution in [-0.2, 0) is 0 Å². The van der Waals surface area contributed by atoms with E-state index < -0.39 is 0 Å². The van der Waals surface area contributed by atoms with E-state index in [1.807, 2.05) is 6.92 Å². The fourth-order valence-corrected chi connectivity index (χ4v) is 1.49. The zero-order valence-electron chi connectivity index (χ0n) is 11.9. The first-order valence-corrected chi connectivity index (χ1v) is 6.62. The van der Waals surface area contributed by atoms with Gasteiger partial charge in [-0.1, -0.05) is 13.0 Å². The fraction of sp³-hybridized carbons (Fsp3) is 0.429.